The molecule has 0 radical (unpaired) electrons. The average molecular weight is 473 g/mol. The third kappa shape index (κ3) is 5.12. The molecule has 162 valence electrons. The van der Waals surface area contributed by atoms with Gasteiger partial charge in [0.1, 0.15) is 18.1 Å². The molecule has 4 nitrogen and oxygen atoms in total. The predicted molar refractivity (Wildman–Crippen MR) is 127 cm³/mol. The lowest BCUT2D eigenvalue weighted by atomic mass is 9.90. The number of piperidine rings is 1. The van der Waals surface area contributed by atoms with Gasteiger partial charge in [0.25, 0.3) is 0 Å². The van der Waals surface area contributed by atoms with Crippen LogP contribution >= 0.6 is 15.9 Å². The number of rotatable bonds is 6. The van der Waals surface area contributed by atoms with Crippen molar-refractivity contribution in [2.24, 2.45) is 5.92 Å². The minimum absolute atomic E-state index is 0.205. The Labute approximate surface area is 189 Å². The molecule has 30 heavy (non-hydrogen) atoms. The van der Waals surface area contributed by atoms with Crippen molar-refractivity contribution >= 4 is 21.6 Å². The molecule has 1 unspecified atom stereocenters. The summed E-state index contributed by atoms with van der Waals surface area (Å²) in [5.41, 5.74) is 2.57. The molecule has 2 aromatic rings. The molecule has 0 amide bonds. The second kappa shape index (κ2) is 9.61. The summed E-state index contributed by atoms with van der Waals surface area (Å²) in [6.45, 7) is 8.31. The first-order chi connectivity index (χ1) is 14.5. The van der Waals surface area contributed by atoms with E-state index in [1.54, 1.807) is 0 Å². The van der Waals surface area contributed by atoms with Gasteiger partial charge in [-0.3, -0.25) is 0 Å². The van der Waals surface area contributed by atoms with Crippen molar-refractivity contribution in [3.63, 3.8) is 0 Å². The normalized spacial score (nSPS) is 20.2. The van der Waals surface area contributed by atoms with Crippen LogP contribution in [0.2, 0.25) is 0 Å². The minimum Gasteiger partial charge on any atom is -0.491 e. The van der Waals surface area contributed by atoms with Crippen LogP contribution in [0, 0.1) is 5.92 Å². The molecule has 1 atom stereocenters. The van der Waals surface area contributed by atoms with E-state index >= 15 is 0 Å². The van der Waals surface area contributed by atoms with Crippen molar-refractivity contribution < 1.29 is 9.47 Å². The molecule has 2 aromatic carbocycles. The maximum atomic E-state index is 6.01. The largest absolute Gasteiger partial charge is 0.491 e. The summed E-state index contributed by atoms with van der Waals surface area (Å²) < 4.78 is 13.1. The Morgan fingerprint density at radius 1 is 1.13 bits per heavy atom. The van der Waals surface area contributed by atoms with Gasteiger partial charge in [0.2, 0.25) is 0 Å². The summed E-state index contributed by atoms with van der Waals surface area (Å²) in [7, 11) is 2.20. The van der Waals surface area contributed by atoms with Crippen LogP contribution in [-0.2, 0) is 6.42 Å². The topological polar surface area (TPSA) is 24.9 Å². The van der Waals surface area contributed by atoms with Gasteiger partial charge >= 0.3 is 0 Å². The number of likely N-dealkylation sites (tertiary alicyclic amines) is 1. The van der Waals surface area contributed by atoms with E-state index in [0.29, 0.717) is 6.04 Å². The number of fused-ring (bicyclic) bond motifs is 1. The first-order valence-corrected chi connectivity index (χ1v) is 11.9. The summed E-state index contributed by atoms with van der Waals surface area (Å²) in [6.07, 6.45) is 3.81. The van der Waals surface area contributed by atoms with Crippen LogP contribution in [0.1, 0.15) is 32.3 Å². The Morgan fingerprint density at radius 2 is 1.90 bits per heavy atom. The van der Waals surface area contributed by atoms with E-state index in [1.165, 1.54) is 28.6 Å². The van der Waals surface area contributed by atoms with E-state index in [4.69, 9.17) is 9.47 Å². The fourth-order valence-corrected chi connectivity index (χ4v) is 4.98. The van der Waals surface area contributed by atoms with Gasteiger partial charge in [-0.1, -0.05) is 28.1 Å². The van der Waals surface area contributed by atoms with Gasteiger partial charge in [-0.15, -0.1) is 0 Å². The van der Waals surface area contributed by atoms with Crippen LogP contribution in [-0.4, -0.2) is 50.3 Å². The van der Waals surface area contributed by atoms with E-state index in [2.05, 4.69) is 83.0 Å². The lowest BCUT2D eigenvalue weighted by Crippen LogP contribution is -2.49. The van der Waals surface area contributed by atoms with Crippen molar-refractivity contribution in [3.05, 3.63) is 52.5 Å². The molecule has 1 fully saturated rings. The molecule has 1 saturated heterocycles. The Balaban J connectivity index is 1.30. The van der Waals surface area contributed by atoms with Crippen molar-refractivity contribution in [2.45, 2.75) is 45.3 Å². The number of halogens is 1. The maximum absolute atomic E-state index is 6.01. The monoisotopic (exact) mass is 472 g/mol. The number of ether oxygens (including phenoxy) is 2. The Morgan fingerprint density at radius 3 is 2.67 bits per heavy atom. The number of anilines is 1. The van der Waals surface area contributed by atoms with Crippen molar-refractivity contribution in [1.82, 2.24) is 4.90 Å². The lowest BCUT2D eigenvalue weighted by Gasteiger charge is -2.40. The van der Waals surface area contributed by atoms with Crippen molar-refractivity contribution in [2.75, 3.05) is 38.2 Å². The number of benzene rings is 2. The number of likely N-dealkylation sites (N-methyl/N-ethyl adjacent to an activating group) is 1. The molecule has 5 heteroatoms. The fourth-order valence-electron chi connectivity index (χ4n) is 4.58. The number of hydrogen-bond acceptors (Lipinski definition) is 4. The highest BCUT2D eigenvalue weighted by atomic mass is 79.9. The summed E-state index contributed by atoms with van der Waals surface area (Å²) in [6, 6.07) is 15.1. The van der Waals surface area contributed by atoms with Crippen molar-refractivity contribution in [1.29, 1.82) is 0 Å². The van der Waals surface area contributed by atoms with Gasteiger partial charge in [-0.2, -0.15) is 0 Å². The fraction of sp³-hybridized carbons (Fsp3) is 0.520. The van der Waals surface area contributed by atoms with Gasteiger partial charge in [-0.25, -0.2) is 0 Å². The molecule has 2 aliphatic rings. The van der Waals surface area contributed by atoms with Crippen LogP contribution in [0.25, 0.3) is 0 Å². The number of para-hydroxylation sites is 2. The van der Waals surface area contributed by atoms with Gasteiger partial charge in [0.15, 0.2) is 0 Å². The maximum Gasteiger partial charge on any atom is 0.142 e. The van der Waals surface area contributed by atoms with Gasteiger partial charge in [0.05, 0.1) is 17.8 Å². The highest BCUT2D eigenvalue weighted by Gasteiger charge is 2.28. The highest BCUT2D eigenvalue weighted by molar-refractivity contribution is 9.10. The first-order valence-electron chi connectivity index (χ1n) is 11.1. The second-order valence-corrected chi connectivity index (χ2v) is 9.77. The van der Waals surface area contributed by atoms with Gasteiger partial charge < -0.3 is 19.3 Å². The summed E-state index contributed by atoms with van der Waals surface area (Å²) in [4.78, 5) is 5.00. The quantitative estimate of drug-likeness (QED) is 0.562. The van der Waals surface area contributed by atoms with E-state index in [9.17, 15) is 0 Å². The Bertz CT molecular complexity index is 849. The highest BCUT2D eigenvalue weighted by Crippen LogP contribution is 2.33. The second-order valence-electron chi connectivity index (χ2n) is 8.91. The SMILES string of the molecule is CC(C)Oc1ccc(Br)c(CC2CCN(CC3COc4ccccc4N3C)CC2)c1. The molecule has 0 saturated carbocycles. The Kier molecular flexibility index (Phi) is 6.89. The van der Waals surface area contributed by atoms with E-state index in [0.717, 1.165) is 50.1 Å². The third-order valence-corrected chi connectivity index (χ3v) is 7.07. The minimum atomic E-state index is 0.205. The zero-order valence-electron chi connectivity index (χ0n) is 18.3. The summed E-state index contributed by atoms with van der Waals surface area (Å²) >= 11 is 3.74. The summed E-state index contributed by atoms with van der Waals surface area (Å²) in [5.74, 6) is 2.71. The molecular weight excluding hydrogens is 440 g/mol. The lowest BCUT2D eigenvalue weighted by molar-refractivity contribution is 0.152. The number of nitrogens with zero attached hydrogens (tertiary/aromatic N) is 2. The molecule has 0 aromatic heterocycles. The van der Waals surface area contributed by atoms with Crippen LogP contribution in [0.5, 0.6) is 11.5 Å². The van der Waals surface area contributed by atoms with E-state index < -0.39 is 0 Å². The predicted octanol–water partition coefficient (Wildman–Crippen LogP) is 5.39. The van der Waals surface area contributed by atoms with Crippen LogP contribution in [0.3, 0.4) is 0 Å². The van der Waals surface area contributed by atoms with E-state index in [-0.39, 0.29) is 6.10 Å². The molecule has 4 rings (SSSR count). The zero-order chi connectivity index (χ0) is 21.1. The van der Waals surface area contributed by atoms with Crippen LogP contribution in [0.4, 0.5) is 5.69 Å². The molecule has 0 bridgehead atoms. The average Bonchev–Trinajstić information content (AvgIpc) is 2.74. The van der Waals surface area contributed by atoms with Crippen LogP contribution < -0.4 is 14.4 Å². The zero-order valence-corrected chi connectivity index (χ0v) is 19.9. The third-order valence-electron chi connectivity index (χ3n) is 6.30. The molecule has 2 heterocycles. The molecule has 2 aliphatic heterocycles. The molecule has 0 spiro atoms. The van der Waals surface area contributed by atoms with Gasteiger partial charge in [-0.05, 0) is 88.0 Å². The standard InChI is InChI=1S/C25H33BrN2O2/c1-18(2)30-22-8-9-23(26)20(15-22)14-19-10-12-28(13-11-19)16-21-17-29-25-7-5-4-6-24(25)27(21)3/h4-9,15,18-19,21H,10-14,16-17H2,1-3H3. The van der Waals surface area contributed by atoms with E-state index in [1.807, 2.05) is 6.07 Å². The van der Waals surface area contributed by atoms with Gasteiger partial charge in [0, 0.05) is 18.1 Å². The first kappa shape index (κ1) is 21.5. The van der Waals surface area contributed by atoms with Crippen LogP contribution in [0.15, 0.2) is 46.9 Å². The smallest absolute Gasteiger partial charge is 0.142 e. The molecular formula is C25H33BrN2O2. The molecule has 0 N–H and O–H groups in total. The van der Waals surface area contributed by atoms with Crippen molar-refractivity contribution in [3.8, 4) is 11.5 Å². The summed E-state index contributed by atoms with van der Waals surface area (Å²) in [5, 5.41) is 0. The molecule has 0 aliphatic carbocycles. The number of hydrogen-bond donors (Lipinski definition) is 0. The Hall–Kier alpha value is -1.72.